The van der Waals surface area contributed by atoms with Gasteiger partial charge in [-0.15, -0.1) is 0 Å². The van der Waals surface area contributed by atoms with Crippen LogP contribution >= 0.6 is 0 Å². The van der Waals surface area contributed by atoms with Crippen LogP contribution in [0.4, 0.5) is 0 Å². The van der Waals surface area contributed by atoms with Crippen LogP contribution in [0.2, 0.25) is 0 Å². The van der Waals surface area contributed by atoms with Crippen LogP contribution < -0.4 is 5.32 Å². The summed E-state index contributed by atoms with van der Waals surface area (Å²) in [5.41, 5.74) is 0. The van der Waals surface area contributed by atoms with E-state index in [9.17, 15) is 4.79 Å². The molecule has 1 aliphatic carbocycles. The first-order valence-corrected chi connectivity index (χ1v) is 9.59. The van der Waals surface area contributed by atoms with E-state index in [-0.39, 0.29) is 18.2 Å². The molecule has 5 nitrogen and oxygen atoms in total. The molecule has 1 atom stereocenters. The predicted octanol–water partition coefficient (Wildman–Crippen LogP) is 2.44. The van der Waals surface area contributed by atoms with Crippen molar-refractivity contribution in [2.45, 2.75) is 82.6 Å². The third-order valence-electron chi connectivity index (χ3n) is 5.44. The summed E-state index contributed by atoms with van der Waals surface area (Å²) in [5, 5.41) is 3.28. The van der Waals surface area contributed by atoms with Crippen molar-refractivity contribution in [3.05, 3.63) is 0 Å². The quantitative estimate of drug-likeness (QED) is 0.863. The van der Waals surface area contributed by atoms with Crippen molar-refractivity contribution in [1.29, 1.82) is 0 Å². The standard InChI is InChI=1S/C18H32N2O3/c21-17(19-15-8-4-2-1-3-5-9-15)14-20-11-7-6-10-16(20)18-22-12-13-23-18/h15-16,18H,1-14H2,(H,19,21). The van der Waals surface area contributed by atoms with Crippen LogP contribution in [0.5, 0.6) is 0 Å². The molecule has 1 unspecified atom stereocenters. The number of piperidine rings is 1. The van der Waals surface area contributed by atoms with Crippen LogP contribution in [-0.2, 0) is 14.3 Å². The molecule has 5 heteroatoms. The Morgan fingerprint density at radius 1 is 0.913 bits per heavy atom. The third kappa shape index (κ3) is 5.16. The summed E-state index contributed by atoms with van der Waals surface area (Å²) in [5.74, 6) is 0.181. The van der Waals surface area contributed by atoms with Gasteiger partial charge in [0.2, 0.25) is 5.91 Å². The zero-order valence-electron chi connectivity index (χ0n) is 14.3. The van der Waals surface area contributed by atoms with E-state index in [1.54, 1.807) is 0 Å². The number of ether oxygens (including phenoxy) is 2. The van der Waals surface area contributed by atoms with Gasteiger partial charge in [0.1, 0.15) is 0 Å². The van der Waals surface area contributed by atoms with E-state index in [4.69, 9.17) is 9.47 Å². The number of rotatable bonds is 4. The van der Waals surface area contributed by atoms with E-state index in [0.29, 0.717) is 25.8 Å². The van der Waals surface area contributed by atoms with Gasteiger partial charge in [-0.25, -0.2) is 0 Å². The van der Waals surface area contributed by atoms with Crippen LogP contribution in [0.15, 0.2) is 0 Å². The second-order valence-corrected chi connectivity index (χ2v) is 7.25. The molecule has 0 aromatic heterocycles. The summed E-state index contributed by atoms with van der Waals surface area (Å²) >= 11 is 0. The molecule has 2 heterocycles. The summed E-state index contributed by atoms with van der Waals surface area (Å²) in [6.07, 6.45) is 12.1. The molecular formula is C18H32N2O3. The first-order chi connectivity index (χ1) is 11.3. The van der Waals surface area contributed by atoms with Gasteiger partial charge in [-0.3, -0.25) is 9.69 Å². The maximum atomic E-state index is 12.5. The minimum absolute atomic E-state index is 0.135. The molecule has 132 valence electrons. The molecule has 0 aromatic rings. The van der Waals surface area contributed by atoms with Crippen molar-refractivity contribution in [2.75, 3.05) is 26.3 Å². The number of amides is 1. The highest BCUT2D eigenvalue weighted by molar-refractivity contribution is 5.78. The van der Waals surface area contributed by atoms with Crippen molar-refractivity contribution in [3.63, 3.8) is 0 Å². The molecule has 2 saturated heterocycles. The Morgan fingerprint density at radius 2 is 1.57 bits per heavy atom. The fourth-order valence-electron chi connectivity index (χ4n) is 4.18. The van der Waals surface area contributed by atoms with Crippen molar-refractivity contribution < 1.29 is 14.3 Å². The zero-order chi connectivity index (χ0) is 15.9. The number of carbonyl (C=O) groups is 1. The number of carbonyl (C=O) groups excluding carboxylic acids is 1. The molecule has 3 fully saturated rings. The van der Waals surface area contributed by atoms with Crippen molar-refractivity contribution in [3.8, 4) is 0 Å². The Balaban J connectivity index is 1.48. The van der Waals surface area contributed by atoms with E-state index in [1.807, 2.05) is 0 Å². The highest BCUT2D eigenvalue weighted by Gasteiger charge is 2.34. The summed E-state index contributed by atoms with van der Waals surface area (Å²) in [4.78, 5) is 14.8. The van der Waals surface area contributed by atoms with Crippen molar-refractivity contribution in [2.24, 2.45) is 0 Å². The number of nitrogens with one attached hydrogen (secondary N) is 1. The van der Waals surface area contributed by atoms with E-state index < -0.39 is 0 Å². The van der Waals surface area contributed by atoms with Crippen molar-refractivity contribution >= 4 is 5.91 Å². The van der Waals surface area contributed by atoms with E-state index in [2.05, 4.69) is 10.2 Å². The van der Waals surface area contributed by atoms with Gasteiger partial charge in [0.15, 0.2) is 6.29 Å². The molecule has 2 aliphatic heterocycles. The lowest BCUT2D eigenvalue weighted by atomic mass is 9.96. The third-order valence-corrected chi connectivity index (χ3v) is 5.44. The van der Waals surface area contributed by atoms with E-state index in [0.717, 1.165) is 25.8 Å². The van der Waals surface area contributed by atoms with Crippen LogP contribution in [0.3, 0.4) is 0 Å². The Labute approximate surface area is 140 Å². The topological polar surface area (TPSA) is 50.8 Å². The molecule has 0 bridgehead atoms. The van der Waals surface area contributed by atoms with Gasteiger partial charge >= 0.3 is 0 Å². The molecule has 3 aliphatic rings. The predicted molar refractivity (Wildman–Crippen MR) is 89.2 cm³/mol. The smallest absolute Gasteiger partial charge is 0.234 e. The number of nitrogens with zero attached hydrogens (tertiary/aromatic N) is 1. The van der Waals surface area contributed by atoms with Crippen LogP contribution in [0.25, 0.3) is 0 Å². The Hall–Kier alpha value is -0.650. The van der Waals surface area contributed by atoms with Crippen LogP contribution in [0, 0.1) is 0 Å². The lowest BCUT2D eigenvalue weighted by Gasteiger charge is -2.37. The number of hydrogen-bond acceptors (Lipinski definition) is 4. The largest absolute Gasteiger partial charge is 0.352 e. The molecule has 0 radical (unpaired) electrons. The molecule has 0 aromatic carbocycles. The molecule has 1 saturated carbocycles. The highest BCUT2D eigenvalue weighted by atomic mass is 16.7. The molecule has 1 N–H and O–H groups in total. The van der Waals surface area contributed by atoms with Crippen molar-refractivity contribution in [1.82, 2.24) is 10.2 Å². The van der Waals surface area contributed by atoms with Gasteiger partial charge in [0.05, 0.1) is 25.8 Å². The van der Waals surface area contributed by atoms with Gasteiger partial charge in [0, 0.05) is 6.04 Å². The SMILES string of the molecule is O=C(CN1CCCCC1C1OCCO1)NC1CCCCCCC1. The average molecular weight is 324 g/mol. The minimum Gasteiger partial charge on any atom is -0.352 e. The molecular weight excluding hydrogens is 292 g/mol. The van der Waals surface area contributed by atoms with Crippen LogP contribution in [-0.4, -0.2) is 55.5 Å². The second kappa shape index (κ2) is 9.00. The van der Waals surface area contributed by atoms with Gasteiger partial charge < -0.3 is 14.8 Å². The van der Waals surface area contributed by atoms with Gasteiger partial charge in [-0.2, -0.15) is 0 Å². The van der Waals surface area contributed by atoms with Gasteiger partial charge in [-0.1, -0.05) is 38.5 Å². The normalized spacial score (nSPS) is 29.1. The minimum atomic E-state index is -0.135. The van der Waals surface area contributed by atoms with Gasteiger partial charge in [0.25, 0.3) is 0 Å². The van der Waals surface area contributed by atoms with E-state index >= 15 is 0 Å². The molecule has 1 amide bonds. The number of likely N-dealkylation sites (tertiary alicyclic amines) is 1. The van der Waals surface area contributed by atoms with Gasteiger partial charge in [-0.05, 0) is 32.2 Å². The lowest BCUT2D eigenvalue weighted by Crippen LogP contribution is -2.52. The fourth-order valence-corrected chi connectivity index (χ4v) is 4.18. The molecule has 3 rings (SSSR count). The average Bonchev–Trinajstić information content (AvgIpc) is 3.04. The number of hydrogen-bond donors (Lipinski definition) is 1. The summed E-state index contributed by atoms with van der Waals surface area (Å²) in [6, 6.07) is 0.624. The highest BCUT2D eigenvalue weighted by Crippen LogP contribution is 2.24. The lowest BCUT2D eigenvalue weighted by molar-refractivity contribution is -0.131. The monoisotopic (exact) mass is 324 g/mol. The maximum Gasteiger partial charge on any atom is 0.234 e. The first-order valence-electron chi connectivity index (χ1n) is 9.59. The zero-order valence-corrected chi connectivity index (χ0v) is 14.3. The first kappa shape index (κ1) is 17.2. The Morgan fingerprint density at radius 3 is 2.30 bits per heavy atom. The summed E-state index contributed by atoms with van der Waals surface area (Å²) < 4.78 is 11.4. The Kier molecular flexibility index (Phi) is 6.72. The van der Waals surface area contributed by atoms with E-state index in [1.165, 1.54) is 44.9 Å². The summed E-state index contributed by atoms with van der Waals surface area (Å²) in [7, 11) is 0. The Bertz CT molecular complexity index is 363. The molecule has 0 spiro atoms. The summed E-state index contributed by atoms with van der Waals surface area (Å²) in [6.45, 7) is 2.84. The maximum absolute atomic E-state index is 12.5. The van der Waals surface area contributed by atoms with Crippen LogP contribution in [0.1, 0.15) is 64.2 Å². The second-order valence-electron chi connectivity index (χ2n) is 7.25. The molecule has 23 heavy (non-hydrogen) atoms. The fraction of sp³-hybridized carbons (Fsp3) is 0.944.